The van der Waals surface area contributed by atoms with Crippen molar-refractivity contribution in [2.24, 2.45) is 0 Å². The first-order valence-corrected chi connectivity index (χ1v) is 6.77. The fourth-order valence-electron chi connectivity index (χ4n) is 2.03. The predicted octanol–water partition coefficient (Wildman–Crippen LogP) is 0.230. The number of nitrogens with zero attached hydrogens (tertiary/aromatic N) is 2. The van der Waals surface area contributed by atoms with E-state index in [1.807, 2.05) is 0 Å². The highest BCUT2D eigenvalue weighted by Crippen LogP contribution is 2.19. The lowest BCUT2D eigenvalue weighted by Crippen LogP contribution is -2.32. The van der Waals surface area contributed by atoms with Crippen LogP contribution in [0.5, 0.6) is 0 Å². The molecule has 0 aromatic carbocycles. The Labute approximate surface area is 111 Å². The zero-order valence-electron chi connectivity index (χ0n) is 10.7. The second-order valence-corrected chi connectivity index (χ2v) is 5.02. The van der Waals surface area contributed by atoms with Crippen LogP contribution in [0, 0.1) is 0 Å². The zero-order chi connectivity index (χ0) is 13.1. The van der Waals surface area contributed by atoms with E-state index in [1.165, 1.54) is 0 Å². The van der Waals surface area contributed by atoms with E-state index in [4.69, 9.17) is 9.26 Å². The van der Waals surface area contributed by atoms with Crippen LogP contribution >= 0.6 is 0 Å². The highest BCUT2D eigenvalue weighted by molar-refractivity contribution is 5.90. The molecule has 0 radical (unpaired) electrons. The smallest absolute Gasteiger partial charge is 0.292 e. The first-order valence-electron chi connectivity index (χ1n) is 6.77. The Morgan fingerprint density at radius 2 is 2.16 bits per heavy atom. The third kappa shape index (κ3) is 3.51. The summed E-state index contributed by atoms with van der Waals surface area (Å²) in [6.45, 7) is 2.22. The largest absolute Gasteiger partial charge is 0.368 e. The van der Waals surface area contributed by atoms with Gasteiger partial charge in [0.15, 0.2) is 0 Å². The van der Waals surface area contributed by atoms with Crippen molar-refractivity contribution < 1.29 is 14.1 Å². The molecule has 0 bridgehead atoms. The van der Waals surface area contributed by atoms with E-state index in [0.717, 1.165) is 38.8 Å². The predicted molar refractivity (Wildman–Crippen MR) is 65.5 cm³/mol. The van der Waals surface area contributed by atoms with Crippen molar-refractivity contribution in [1.29, 1.82) is 0 Å². The topological polar surface area (TPSA) is 89.3 Å². The van der Waals surface area contributed by atoms with Gasteiger partial charge in [0, 0.05) is 6.04 Å². The second-order valence-electron chi connectivity index (χ2n) is 5.02. The van der Waals surface area contributed by atoms with Gasteiger partial charge in [0.1, 0.15) is 6.61 Å². The first-order chi connectivity index (χ1) is 9.31. The Bertz CT molecular complexity index is 438. The summed E-state index contributed by atoms with van der Waals surface area (Å²) in [4.78, 5) is 15.7. The van der Waals surface area contributed by atoms with Crippen molar-refractivity contribution in [3.05, 3.63) is 11.7 Å². The van der Waals surface area contributed by atoms with Gasteiger partial charge < -0.3 is 19.9 Å². The van der Waals surface area contributed by atoms with E-state index in [1.54, 1.807) is 0 Å². The molecule has 2 aliphatic rings. The molecule has 0 unspecified atom stereocenters. The SMILES string of the molecule is O=C(NC1CC1)c1noc(COC2CCNCC2)n1. The third-order valence-corrected chi connectivity index (χ3v) is 3.31. The summed E-state index contributed by atoms with van der Waals surface area (Å²) in [7, 11) is 0. The molecule has 104 valence electrons. The van der Waals surface area contributed by atoms with Gasteiger partial charge in [0.05, 0.1) is 6.10 Å². The van der Waals surface area contributed by atoms with Crippen LogP contribution in [0.4, 0.5) is 0 Å². The summed E-state index contributed by atoms with van der Waals surface area (Å²) in [6, 6.07) is 0.292. The summed E-state index contributed by atoms with van der Waals surface area (Å²) in [6.07, 6.45) is 4.29. The number of carbonyl (C=O) groups excluding carboxylic acids is 1. The molecule has 7 heteroatoms. The average molecular weight is 266 g/mol. The molecule has 0 spiro atoms. The highest BCUT2D eigenvalue weighted by atomic mass is 16.5. The molecule has 2 fully saturated rings. The Morgan fingerprint density at radius 3 is 2.89 bits per heavy atom. The van der Waals surface area contributed by atoms with Crippen molar-refractivity contribution in [2.45, 2.75) is 44.4 Å². The molecule has 1 amide bonds. The van der Waals surface area contributed by atoms with Crippen LogP contribution in [0.3, 0.4) is 0 Å². The molecule has 1 aliphatic heterocycles. The summed E-state index contributed by atoms with van der Waals surface area (Å²) >= 11 is 0. The van der Waals surface area contributed by atoms with Crippen LogP contribution in [0.1, 0.15) is 42.2 Å². The number of piperidine rings is 1. The lowest BCUT2D eigenvalue weighted by Gasteiger charge is -2.21. The summed E-state index contributed by atoms with van der Waals surface area (Å²) in [5, 5.41) is 9.76. The van der Waals surface area contributed by atoms with Crippen molar-refractivity contribution >= 4 is 5.91 Å². The molecule has 1 saturated carbocycles. The van der Waals surface area contributed by atoms with Gasteiger partial charge in [-0.1, -0.05) is 5.16 Å². The Hall–Kier alpha value is -1.47. The van der Waals surface area contributed by atoms with Gasteiger partial charge >= 0.3 is 0 Å². The van der Waals surface area contributed by atoms with E-state index in [0.29, 0.717) is 11.9 Å². The van der Waals surface area contributed by atoms with Gasteiger partial charge in [-0.15, -0.1) is 0 Å². The lowest BCUT2D eigenvalue weighted by molar-refractivity contribution is 0.00859. The number of ether oxygens (including phenoxy) is 1. The van der Waals surface area contributed by atoms with Crippen molar-refractivity contribution in [3.8, 4) is 0 Å². The second kappa shape index (κ2) is 5.66. The van der Waals surface area contributed by atoms with E-state index in [-0.39, 0.29) is 24.4 Å². The molecule has 7 nitrogen and oxygen atoms in total. The van der Waals surface area contributed by atoms with Gasteiger partial charge in [-0.3, -0.25) is 4.79 Å². The molecule has 1 saturated heterocycles. The number of amides is 1. The monoisotopic (exact) mass is 266 g/mol. The van der Waals surface area contributed by atoms with E-state index >= 15 is 0 Å². The van der Waals surface area contributed by atoms with Gasteiger partial charge in [0.2, 0.25) is 0 Å². The molecule has 0 atom stereocenters. The highest BCUT2D eigenvalue weighted by Gasteiger charge is 2.26. The minimum absolute atomic E-state index is 0.0933. The molecule has 2 heterocycles. The number of nitrogens with one attached hydrogen (secondary N) is 2. The Kier molecular flexibility index (Phi) is 3.74. The maximum absolute atomic E-state index is 11.7. The molecular formula is C12H18N4O3. The summed E-state index contributed by atoms with van der Waals surface area (Å²) in [5.74, 6) is 0.189. The fraction of sp³-hybridized carbons (Fsp3) is 0.750. The molecule has 1 aromatic heterocycles. The van der Waals surface area contributed by atoms with Crippen LogP contribution < -0.4 is 10.6 Å². The number of aromatic nitrogens is 2. The molecule has 2 N–H and O–H groups in total. The molecule has 1 aromatic rings. The van der Waals surface area contributed by atoms with Gasteiger partial charge in [0.25, 0.3) is 17.6 Å². The summed E-state index contributed by atoms with van der Waals surface area (Å²) < 4.78 is 10.7. The van der Waals surface area contributed by atoms with Crippen molar-refractivity contribution in [3.63, 3.8) is 0 Å². The van der Waals surface area contributed by atoms with Gasteiger partial charge in [-0.05, 0) is 38.8 Å². The Balaban J connectivity index is 1.48. The standard InChI is InChI=1S/C12H18N4O3/c17-12(14-8-1-2-8)11-15-10(19-16-11)7-18-9-3-5-13-6-4-9/h8-9,13H,1-7H2,(H,14,17). The average Bonchev–Trinajstić information content (AvgIpc) is 3.12. The minimum Gasteiger partial charge on any atom is -0.368 e. The van der Waals surface area contributed by atoms with Gasteiger partial charge in [-0.25, -0.2) is 0 Å². The van der Waals surface area contributed by atoms with Crippen molar-refractivity contribution in [1.82, 2.24) is 20.8 Å². The number of hydrogen-bond acceptors (Lipinski definition) is 6. The quantitative estimate of drug-likeness (QED) is 0.793. The molecule has 1 aliphatic carbocycles. The van der Waals surface area contributed by atoms with Gasteiger partial charge in [-0.2, -0.15) is 4.98 Å². The van der Waals surface area contributed by atoms with Crippen LogP contribution in [0.15, 0.2) is 4.52 Å². The third-order valence-electron chi connectivity index (χ3n) is 3.31. The zero-order valence-corrected chi connectivity index (χ0v) is 10.7. The maximum atomic E-state index is 11.7. The first kappa shape index (κ1) is 12.6. The number of hydrogen-bond donors (Lipinski definition) is 2. The van der Waals surface area contributed by atoms with E-state index in [9.17, 15) is 4.79 Å². The van der Waals surface area contributed by atoms with Crippen LogP contribution in [-0.2, 0) is 11.3 Å². The van der Waals surface area contributed by atoms with E-state index in [2.05, 4.69) is 20.8 Å². The Morgan fingerprint density at radius 1 is 1.37 bits per heavy atom. The number of carbonyl (C=O) groups is 1. The molecule has 3 rings (SSSR count). The molecule has 19 heavy (non-hydrogen) atoms. The normalized spacial score (nSPS) is 20.4. The fourth-order valence-corrected chi connectivity index (χ4v) is 2.03. The van der Waals surface area contributed by atoms with E-state index < -0.39 is 0 Å². The van der Waals surface area contributed by atoms with Crippen LogP contribution in [0.25, 0.3) is 0 Å². The number of rotatable bonds is 5. The molecular weight excluding hydrogens is 248 g/mol. The summed E-state index contributed by atoms with van der Waals surface area (Å²) in [5.41, 5.74) is 0. The minimum atomic E-state index is -0.264. The van der Waals surface area contributed by atoms with Crippen LogP contribution in [-0.4, -0.2) is 41.3 Å². The van der Waals surface area contributed by atoms with Crippen LogP contribution in [0.2, 0.25) is 0 Å². The maximum Gasteiger partial charge on any atom is 0.292 e. The van der Waals surface area contributed by atoms with Crippen molar-refractivity contribution in [2.75, 3.05) is 13.1 Å². The lowest BCUT2D eigenvalue weighted by atomic mass is 10.1.